The number of carbonyl (C=O) groups excluding carboxylic acids is 2. The van der Waals surface area contributed by atoms with E-state index in [2.05, 4.69) is 55.6 Å². The standard InChI is InChI=1S/C70H133NO5/c1-3-5-7-9-11-13-15-17-19-21-22-27-31-34-38-42-46-50-54-58-62-68(73)67(66-72)71-69(74)63-59-55-51-47-43-39-35-32-28-25-23-24-26-29-33-37-41-45-49-53-57-61-65-76-70(75)64-60-56-52-48-44-40-36-30-20-18-16-14-12-10-8-6-4-2/h12,14,18,20,25,28,67-68,72-73H,3-11,13,15-17,19,21-24,26-27,29-66H2,1-2H3,(H,71,74)/b14-12-,20-18-,28-25-. The Kier molecular flexibility index (Phi) is 63.9. The molecule has 76 heavy (non-hydrogen) atoms. The van der Waals surface area contributed by atoms with E-state index in [4.69, 9.17) is 4.74 Å². The molecule has 0 aromatic rings. The number of aliphatic hydroxyl groups excluding tert-OH is 2. The van der Waals surface area contributed by atoms with Gasteiger partial charge in [-0.3, -0.25) is 9.59 Å². The van der Waals surface area contributed by atoms with Crippen molar-refractivity contribution in [2.24, 2.45) is 0 Å². The van der Waals surface area contributed by atoms with Gasteiger partial charge < -0.3 is 20.3 Å². The fourth-order valence-electron chi connectivity index (χ4n) is 10.7. The van der Waals surface area contributed by atoms with Gasteiger partial charge in [-0.1, -0.05) is 314 Å². The van der Waals surface area contributed by atoms with Gasteiger partial charge in [0.25, 0.3) is 0 Å². The lowest BCUT2D eigenvalue weighted by molar-refractivity contribution is -0.143. The van der Waals surface area contributed by atoms with E-state index in [1.54, 1.807) is 0 Å². The second-order valence-corrected chi connectivity index (χ2v) is 23.5. The number of hydrogen-bond donors (Lipinski definition) is 3. The molecule has 1 amide bonds. The molecule has 2 unspecified atom stereocenters. The Morgan fingerprint density at radius 2 is 0.658 bits per heavy atom. The number of esters is 1. The Morgan fingerprint density at radius 3 is 1.04 bits per heavy atom. The molecule has 2 atom stereocenters. The van der Waals surface area contributed by atoms with Crippen molar-refractivity contribution in [2.75, 3.05) is 13.2 Å². The topological polar surface area (TPSA) is 95.9 Å². The number of unbranched alkanes of at least 4 members (excludes halogenated alkanes) is 47. The summed E-state index contributed by atoms with van der Waals surface area (Å²) in [7, 11) is 0. The first-order valence-corrected chi connectivity index (χ1v) is 34.2. The average molecular weight is 1070 g/mol. The fraction of sp³-hybridized carbons (Fsp3) is 0.886. The molecular weight excluding hydrogens is 935 g/mol. The van der Waals surface area contributed by atoms with E-state index in [1.807, 2.05) is 0 Å². The molecule has 0 bridgehead atoms. The highest BCUT2D eigenvalue weighted by atomic mass is 16.5. The van der Waals surface area contributed by atoms with Crippen molar-refractivity contribution in [1.29, 1.82) is 0 Å². The van der Waals surface area contributed by atoms with Gasteiger partial charge in [0.05, 0.1) is 25.4 Å². The highest BCUT2D eigenvalue weighted by molar-refractivity contribution is 5.76. The largest absolute Gasteiger partial charge is 0.466 e. The van der Waals surface area contributed by atoms with Crippen molar-refractivity contribution in [3.63, 3.8) is 0 Å². The third-order valence-corrected chi connectivity index (χ3v) is 15.9. The number of rotatable bonds is 64. The van der Waals surface area contributed by atoms with Crippen molar-refractivity contribution in [1.82, 2.24) is 5.32 Å². The summed E-state index contributed by atoms with van der Waals surface area (Å²) in [6.45, 7) is 4.95. The summed E-state index contributed by atoms with van der Waals surface area (Å²) >= 11 is 0. The third kappa shape index (κ3) is 61.3. The summed E-state index contributed by atoms with van der Waals surface area (Å²) < 4.78 is 5.49. The van der Waals surface area contributed by atoms with E-state index in [9.17, 15) is 19.8 Å². The smallest absolute Gasteiger partial charge is 0.305 e. The SMILES string of the molecule is CCCCC/C=C\C/C=C\CCCCCCCCCC(=O)OCCCCCCCCCCCCC/C=C\CCCCCCCCCC(=O)NC(CO)C(O)CCCCCCCCCCCCCCCCCCCCCC. The summed E-state index contributed by atoms with van der Waals surface area (Å²) in [6.07, 6.45) is 83.1. The monoisotopic (exact) mass is 1070 g/mol. The van der Waals surface area contributed by atoms with E-state index >= 15 is 0 Å². The predicted octanol–water partition coefficient (Wildman–Crippen LogP) is 21.9. The van der Waals surface area contributed by atoms with Crippen LogP contribution in [0.25, 0.3) is 0 Å². The van der Waals surface area contributed by atoms with Crippen molar-refractivity contribution in [2.45, 2.75) is 386 Å². The molecule has 3 N–H and O–H groups in total. The van der Waals surface area contributed by atoms with Crippen LogP contribution in [0.3, 0.4) is 0 Å². The van der Waals surface area contributed by atoms with E-state index in [0.29, 0.717) is 25.9 Å². The van der Waals surface area contributed by atoms with Crippen LogP contribution < -0.4 is 5.32 Å². The van der Waals surface area contributed by atoms with Crippen molar-refractivity contribution in [3.05, 3.63) is 36.5 Å². The highest BCUT2D eigenvalue weighted by Crippen LogP contribution is 2.18. The molecule has 0 aromatic carbocycles. The minimum absolute atomic E-state index is 0.00276. The zero-order valence-electron chi connectivity index (χ0n) is 51.3. The molecule has 0 aliphatic carbocycles. The zero-order chi connectivity index (χ0) is 55.0. The zero-order valence-corrected chi connectivity index (χ0v) is 51.3. The normalized spacial score (nSPS) is 12.7. The van der Waals surface area contributed by atoms with Crippen LogP contribution in [0.1, 0.15) is 373 Å². The number of allylic oxidation sites excluding steroid dienone is 6. The molecule has 0 aliphatic heterocycles. The quantitative estimate of drug-likeness (QED) is 0.0320. The molecule has 0 rings (SSSR count). The van der Waals surface area contributed by atoms with Crippen molar-refractivity contribution >= 4 is 11.9 Å². The van der Waals surface area contributed by atoms with Gasteiger partial charge in [-0.2, -0.15) is 0 Å². The van der Waals surface area contributed by atoms with Crippen LogP contribution in [-0.4, -0.2) is 47.4 Å². The molecule has 0 radical (unpaired) electrons. The Labute approximate surface area is 474 Å². The molecule has 0 saturated carbocycles. The van der Waals surface area contributed by atoms with Gasteiger partial charge in [0, 0.05) is 12.8 Å². The van der Waals surface area contributed by atoms with Gasteiger partial charge in [0.15, 0.2) is 0 Å². The summed E-state index contributed by atoms with van der Waals surface area (Å²) in [5.41, 5.74) is 0. The number of ether oxygens (including phenoxy) is 1. The van der Waals surface area contributed by atoms with Crippen LogP contribution >= 0.6 is 0 Å². The molecule has 6 nitrogen and oxygen atoms in total. The summed E-state index contributed by atoms with van der Waals surface area (Å²) in [4.78, 5) is 24.6. The predicted molar refractivity (Wildman–Crippen MR) is 333 cm³/mol. The lowest BCUT2D eigenvalue weighted by Gasteiger charge is -2.22. The van der Waals surface area contributed by atoms with Gasteiger partial charge in [0.2, 0.25) is 5.91 Å². The molecule has 0 heterocycles. The maximum absolute atomic E-state index is 12.5. The van der Waals surface area contributed by atoms with Crippen LogP contribution in [-0.2, 0) is 14.3 Å². The minimum Gasteiger partial charge on any atom is -0.466 e. The van der Waals surface area contributed by atoms with Crippen molar-refractivity contribution < 1.29 is 24.5 Å². The third-order valence-electron chi connectivity index (χ3n) is 15.9. The first-order chi connectivity index (χ1) is 37.5. The second-order valence-electron chi connectivity index (χ2n) is 23.5. The van der Waals surface area contributed by atoms with Crippen LogP contribution in [0.15, 0.2) is 36.5 Å². The number of amides is 1. The van der Waals surface area contributed by atoms with Crippen LogP contribution in [0.2, 0.25) is 0 Å². The summed E-state index contributed by atoms with van der Waals surface area (Å²) in [6, 6.07) is -0.548. The number of aliphatic hydroxyl groups is 2. The molecule has 0 spiro atoms. The van der Waals surface area contributed by atoms with Gasteiger partial charge in [-0.15, -0.1) is 0 Å². The molecule has 6 heteroatoms. The average Bonchev–Trinajstić information content (AvgIpc) is 3.42. The van der Waals surface area contributed by atoms with Crippen LogP contribution in [0.4, 0.5) is 0 Å². The Balaban J connectivity index is 3.42. The Hall–Kier alpha value is -1.92. The molecule has 0 saturated heterocycles. The van der Waals surface area contributed by atoms with E-state index in [0.717, 1.165) is 51.4 Å². The molecule has 0 fully saturated rings. The lowest BCUT2D eigenvalue weighted by atomic mass is 10.0. The Bertz CT molecular complexity index is 1230. The number of nitrogens with one attached hydrogen (secondary N) is 1. The van der Waals surface area contributed by atoms with Crippen LogP contribution in [0.5, 0.6) is 0 Å². The van der Waals surface area contributed by atoms with E-state index in [1.165, 1.54) is 289 Å². The fourth-order valence-corrected chi connectivity index (χ4v) is 10.7. The maximum atomic E-state index is 12.5. The lowest BCUT2D eigenvalue weighted by Crippen LogP contribution is -2.45. The van der Waals surface area contributed by atoms with E-state index < -0.39 is 12.1 Å². The van der Waals surface area contributed by atoms with Gasteiger partial charge in [-0.25, -0.2) is 0 Å². The number of carbonyl (C=O) groups is 2. The second kappa shape index (κ2) is 65.6. The first-order valence-electron chi connectivity index (χ1n) is 34.2. The Morgan fingerprint density at radius 1 is 0.368 bits per heavy atom. The molecule has 0 aliphatic rings. The first kappa shape index (κ1) is 74.1. The highest BCUT2D eigenvalue weighted by Gasteiger charge is 2.20. The van der Waals surface area contributed by atoms with Gasteiger partial charge in [-0.05, 0) is 83.5 Å². The van der Waals surface area contributed by atoms with Gasteiger partial charge in [0.1, 0.15) is 0 Å². The number of hydrogen-bond acceptors (Lipinski definition) is 5. The summed E-state index contributed by atoms with van der Waals surface area (Å²) in [5.74, 6) is -0.0360. The van der Waals surface area contributed by atoms with Crippen LogP contribution in [0, 0.1) is 0 Å². The maximum Gasteiger partial charge on any atom is 0.305 e. The van der Waals surface area contributed by atoms with Crippen molar-refractivity contribution in [3.8, 4) is 0 Å². The minimum atomic E-state index is -0.670. The molecular formula is C70H133NO5. The summed E-state index contributed by atoms with van der Waals surface area (Å²) in [5, 5.41) is 23.4. The molecule has 0 aromatic heterocycles. The molecule has 448 valence electrons. The van der Waals surface area contributed by atoms with Gasteiger partial charge >= 0.3 is 5.97 Å². The van der Waals surface area contributed by atoms with E-state index in [-0.39, 0.29) is 18.5 Å².